The number of benzene rings is 1. The summed E-state index contributed by atoms with van der Waals surface area (Å²) in [4.78, 5) is 10.6. The predicted molar refractivity (Wildman–Crippen MR) is 106 cm³/mol. The number of aliphatic imine (C=N–C) groups is 1. The smallest absolute Gasteiger partial charge is 0.191 e. The van der Waals surface area contributed by atoms with Gasteiger partial charge in [0.1, 0.15) is 11.6 Å². The zero-order valence-corrected chi connectivity index (χ0v) is 15.7. The average molecular weight is 353 g/mol. The topological polar surface area (TPSA) is 61.8 Å². The zero-order valence-electron chi connectivity index (χ0n) is 15.7. The van der Waals surface area contributed by atoms with Crippen molar-refractivity contribution in [1.29, 1.82) is 0 Å². The van der Waals surface area contributed by atoms with Crippen molar-refractivity contribution in [3.8, 4) is 5.75 Å². The van der Waals surface area contributed by atoms with E-state index in [-0.39, 0.29) is 0 Å². The molecule has 26 heavy (non-hydrogen) atoms. The third-order valence-electron chi connectivity index (χ3n) is 4.41. The van der Waals surface area contributed by atoms with Crippen LogP contribution in [0, 0.1) is 0 Å². The molecule has 0 amide bonds. The number of guanidine groups is 1. The minimum atomic E-state index is 0.708. The van der Waals surface area contributed by atoms with Crippen LogP contribution in [0.2, 0.25) is 0 Å². The molecule has 1 aromatic carbocycles. The number of ether oxygens (including phenoxy) is 1. The Balaban J connectivity index is 1.47. The second-order valence-corrected chi connectivity index (χ2v) is 6.56. The van der Waals surface area contributed by atoms with Crippen molar-refractivity contribution in [1.82, 2.24) is 15.6 Å². The van der Waals surface area contributed by atoms with Gasteiger partial charge >= 0.3 is 0 Å². The third kappa shape index (κ3) is 4.65. The molecule has 6 heteroatoms. The number of nitrogens with zero attached hydrogens (tertiary/aromatic N) is 3. The van der Waals surface area contributed by atoms with Crippen LogP contribution in [0.3, 0.4) is 0 Å². The van der Waals surface area contributed by atoms with Crippen LogP contribution in [0.25, 0.3) is 0 Å². The molecule has 0 spiro atoms. The first kappa shape index (κ1) is 18.0. The van der Waals surface area contributed by atoms with Gasteiger partial charge in [0.2, 0.25) is 0 Å². The summed E-state index contributed by atoms with van der Waals surface area (Å²) in [6, 6.07) is 10.6. The zero-order chi connectivity index (χ0) is 18.4. The molecule has 2 aromatic rings. The number of pyridine rings is 1. The minimum Gasteiger partial charge on any atom is -0.493 e. The van der Waals surface area contributed by atoms with Gasteiger partial charge in [-0.1, -0.05) is 12.1 Å². The number of hydrogen-bond donors (Lipinski definition) is 2. The van der Waals surface area contributed by atoms with E-state index in [9.17, 15) is 0 Å². The second-order valence-electron chi connectivity index (χ2n) is 6.56. The molecule has 0 unspecified atom stereocenters. The van der Waals surface area contributed by atoms with E-state index in [1.165, 1.54) is 16.7 Å². The second kappa shape index (κ2) is 8.56. The van der Waals surface area contributed by atoms with E-state index in [1.807, 2.05) is 31.3 Å². The van der Waals surface area contributed by atoms with Gasteiger partial charge in [0.15, 0.2) is 5.96 Å². The van der Waals surface area contributed by atoms with Crippen LogP contribution in [-0.4, -0.2) is 45.2 Å². The van der Waals surface area contributed by atoms with Gasteiger partial charge in [-0.3, -0.25) is 4.99 Å². The summed E-state index contributed by atoms with van der Waals surface area (Å²) in [6.45, 7) is 2.34. The molecule has 1 aliphatic rings. The van der Waals surface area contributed by atoms with Crippen LogP contribution in [0.5, 0.6) is 5.75 Å². The van der Waals surface area contributed by atoms with E-state index in [4.69, 9.17) is 4.74 Å². The molecular weight excluding hydrogens is 326 g/mol. The summed E-state index contributed by atoms with van der Waals surface area (Å²) >= 11 is 0. The number of anilines is 1. The Morgan fingerprint density at radius 2 is 2.08 bits per heavy atom. The molecule has 0 saturated heterocycles. The maximum atomic E-state index is 5.56. The highest BCUT2D eigenvalue weighted by atomic mass is 16.5. The lowest BCUT2D eigenvalue weighted by molar-refractivity contribution is 0.357. The van der Waals surface area contributed by atoms with E-state index >= 15 is 0 Å². The standard InChI is InChI=1S/C20H27N5O/c1-21-20(24-14-16-7-9-22-19(13-16)25(2)3)23-10-6-15-4-5-18-17(12-15)8-11-26-18/h4-5,7,9,12-13H,6,8,10-11,14H2,1-3H3,(H2,21,23,24). The van der Waals surface area contributed by atoms with E-state index in [2.05, 4.69) is 44.9 Å². The molecular formula is C20H27N5O. The first-order chi connectivity index (χ1) is 12.7. The van der Waals surface area contributed by atoms with Crippen LogP contribution < -0.4 is 20.3 Å². The average Bonchev–Trinajstić information content (AvgIpc) is 3.12. The molecule has 1 aromatic heterocycles. The number of aromatic nitrogens is 1. The molecule has 0 saturated carbocycles. The SMILES string of the molecule is CN=C(NCCc1ccc2c(c1)CCO2)NCc1ccnc(N(C)C)c1. The van der Waals surface area contributed by atoms with Gasteiger partial charge in [0, 0.05) is 46.9 Å². The lowest BCUT2D eigenvalue weighted by Crippen LogP contribution is -2.37. The molecule has 0 aliphatic carbocycles. The lowest BCUT2D eigenvalue weighted by atomic mass is 10.1. The number of rotatable bonds is 6. The molecule has 3 rings (SSSR count). The summed E-state index contributed by atoms with van der Waals surface area (Å²) < 4.78 is 5.56. The number of hydrogen-bond acceptors (Lipinski definition) is 4. The highest BCUT2D eigenvalue weighted by molar-refractivity contribution is 5.79. The fourth-order valence-corrected chi connectivity index (χ4v) is 2.94. The molecule has 0 atom stereocenters. The van der Waals surface area contributed by atoms with Crippen LogP contribution in [0.15, 0.2) is 41.5 Å². The molecule has 0 fully saturated rings. The maximum Gasteiger partial charge on any atom is 0.191 e. The monoisotopic (exact) mass is 353 g/mol. The van der Waals surface area contributed by atoms with Gasteiger partial charge in [0.25, 0.3) is 0 Å². The molecule has 0 bridgehead atoms. The van der Waals surface area contributed by atoms with Crippen LogP contribution in [0.1, 0.15) is 16.7 Å². The Morgan fingerprint density at radius 1 is 1.19 bits per heavy atom. The maximum absolute atomic E-state index is 5.56. The Bertz CT molecular complexity index is 773. The normalized spacial score (nSPS) is 13.1. The summed E-state index contributed by atoms with van der Waals surface area (Å²) in [6.07, 6.45) is 3.80. The molecule has 138 valence electrons. The Kier molecular flexibility index (Phi) is 5.94. The summed E-state index contributed by atoms with van der Waals surface area (Å²) in [5.74, 6) is 2.79. The van der Waals surface area contributed by atoms with Crippen molar-refractivity contribution in [3.05, 3.63) is 53.2 Å². The molecule has 1 aliphatic heterocycles. The van der Waals surface area contributed by atoms with Crippen LogP contribution in [0.4, 0.5) is 5.82 Å². The summed E-state index contributed by atoms with van der Waals surface area (Å²) in [5.41, 5.74) is 3.81. The molecule has 2 N–H and O–H groups in total. The van der Waals surface area contributed by atoms with Crippen molar-refractivity contribution in [2.75, 3.05) is 39.2 Å². The Morgan fingerprint density at radius 3 is 2.88 bits per heavy atom. The fourth-order valence-electron chi connectivity index (χ4n) is 2.94. The first-order valence-corrected chi connectivity index (χ1v) is 8.97. The largest absolute Gasteiger partial charge is 0.493 e. The van der Waals surface area contributed by atoms with Crippen molar-refractivity contribution >= 4 is 11.8 Å². The molecule has 2 heterocycles. The quantitative estimate of drug-likeness (QED) is 0.614. The van der Waals surface area contributed by atoms with E-state index < -0.39 is 0 Å². The van der Waals surface area contributed by atoms with Crippen molar-refractivity contribution in [3.63, 3.8) is 0 Å². The highest BCUT2D eigenvalue weighted by Crippen LogP contribution is 2.25. The van der Waals surface area contributed by atoms with Crippen LogP contribution >= 0.6 is 0 Å². The van der Waals surface area contributed by atoms with Crippen molar-refractivity contribution in [2.24, 2.45) is 4.99 Å². The van der Waals surface area contributed by atoms with Gasteiger partial charge in [0.05, 0.1) is 6.61 Å². The van der Waals surface area contributed by atoms with E-state index in [0.717, 1.165) is 43.5 Å². The molecule has 6 nitrogen and oxygen atoms in total. The summed E-state index contributed by atoms with van der Waals surface area (Å²) in [7, 11) is 5.77. The fraction of sp³-hybridized carbons (Fsp3) is 0.400. The number of fused-ring (bicyclic) bond motifs is 1. The number of nitrogens with one attached hydrogen (secondary N) is 2. The van der Waals surface area contributed by atoms with Gasteiger partial charge in [-0.05, 0) is 41.3 Å². The summed E-state index contributed by atoms with van der Waals surface area (Å²) in [5, 5.41) is 6.73. The van der Waals surface area contributed by atoms with Crippen molar-refractivity contribution < 1.29 is 4.74 Å². The van der Waals surface area contributed by atoms with Crippen molar-refractivity contribution in [2.45, 2.75) is 19.4 Å². The Hall–Kier alpha value is -2.76. The van der Waals surface area contributed by atoms with Gasteiger partial charge < -0.3 is 20.3 Å². The highest BCUT2D eigenvalue weighted by Gasteiger charge is 2.11. The van der Waals surface area contributed by atoms with E-state index in [0.29, 0.717) is 6.54 Å². The van der Waals surface area contributed by atoms with Gasteiger partial charge in [-0.25, -0.2) is 4.98 Å². The predicted octanol–water partition coefficient (Wildman–Crippen LogP) is 1.99. The minimum absolute atomic E-state index is 0.708. The van der Waals surface area contributed by atoms with Gasteiger partial charge in [-0.15, -0.1) is 0 Å². The molecule has 0 radical (unpaired) electrons. The van der Waals surface area contributed by atoms with E-state index in [1.54, 1.807) is 7.05 Å². The Labute approximate surface area is 155 Å². The van der Waals surface area contributed by atoms with Crippen LogP contribution in [-0.2, 0) is 19.4 Å². The first-order valence-electron chi connectivity index (χ1n) is 8.97. The van der Waals surface area contributed by atoms with Gasteiger partial charge in [-0.2, -0.15) is 0 Å². The third-order valence-corrected chi connectivity index (χ3v) is 4.41. The lowest BCUT2D eigenvalue weighted by Gasteiger charge is -2.14.